The first-order valence-electron chi connectivity index (χ1n) is 7.13. The predicted octanol–water partition coefficient (Wildman–Crippen LogP) is 3.90. The molecule has 10 heteroatoms. The maximum atomic E-state index is 12.3. The van der Waals surface area contributed by atoms with E-state index < -0.39 is 16.8 Å². The summed E-state index contributed by atoms with van der Waals surface area (Å²) in [6.45, 7) is 0. The van der Waals surface area contributed by atoms with Crippen LogP contribution in [0.5, 0.6) is 0 Å². The normalized spacial score (nSPS) is 10.5. The first-order chi connectivity index (χ1) is 12.4. The Labute approximate surface area is 155 Å². The van der Waals surface area contributed by atoms with Crippen molar-refractivity contribution in [3.8, 4) is 0 Å². The van der Waals surface area contributed by atoms with E-state index in [1.165, 1.54) is 30.6 Å². The molecule has 8 nitrogen and oxygen atoms in total. The Bertz CT molecular complexity index is 1050. The van der Waals surface area contributed by atoms with Gasteiger partial charge in [0.25, 0.3) is 11.6 Å². The number of non-ortho nitro benzene ring substituents is 1. The fourth-order valence-corrected chi connectivity index (χ4v) is 3.35. The topological polar surface area (TPSA) is 111 Å². The largest absolute Gasteiger partial charge is 0.465 e. The number of benzene rings is 2. The third-order valence-corrected chi connectivity index (χ3v) is 4.68. The minimum absolute atomic E-state index is 0.0363. The summed E-state index contributed by atoms with van der Waals surface area (Å²) in [5, 5.41) is 13.6. The van der Waals surface area contributed by atoms with E-state index in [2.05, 4.69) is 15.0 Å². The lowest BCUT2D eigenvalue weighted by Gasteiger charge is -2.03. The molecule has 0 saturated carbocycles. The van der Waals surface area contributed by atoms with E-state index in [9.17, 15) is 19.7 Å². The number of rotatable bonds is 4. The Hall–Kier alpha value is -3.04. The van der Waals surface area contributed by atoms with Crippen molar-refractivity contribution in [1.29, 1.82) is 0 Å². The molecule has 0 radical (unpaired) electrons. The van der Waals surface area contributed by atoms with Crippen LogP contribution in [0.1, 0.15) is 20.7 Å². The van der Waals surface area contributed by atoms with E-state index in [0.29, 0.717) is 20.9 Å². The third-order valence-electron chi connectivity index (χ3n) is 3.44. The van der Waals surface area contributed by atoms with Gasteiger partial charge in [0, 0.05) is 12.1 Å². The number of carbonyl (C=O) groups is 2. The molecule has 0 aliphatic carbocycles. The molecule has 2 aromatic carbocycles. The van der Waals surface area contributed by atoms with Crippen LogP contribution in [-0.2, 0) is 4.74 Å². The maximum absolute atomic E-state index is 12.3. The molecular formula is C16H10ClN3O5S. The number of methoxy groups -OCH3 is 1. The van der Waals surface area contributed by atoms with Crippen LogP contribution >= 0.6 is 22.9 Å². The van der Waals surface area contributed by atoms with Crippen LogP contribution < -0.4 is 5.32 Å². The molecule has 1 N–H and O–H groups in total. The second kappa shape index (κ2) is 7.06. The van der Waals surface area contributed by atoms with Crippen molar-refractivity contribution < 1.29 is 19.2 Å². The molecule has 0 spiro atoms. The molecule has 26 heavy (non-hydrogen) atoms. The number of fused-ring (bicyclic) bond motifs is 1. The Morgan fingerprint density at radius 1 is 1.27 bits per heavy atom. The number of aromatic nitrogens is 1. The van der Waals surface area contributed by atoms with Crippen LogP contribution in [0.3, 0.4) is 0 Å². The summed E-state index contributed by atoms with van der Waals surface area (Å²) in [6, 6.07) is 8.42. The maximum Gasteiger partial charge on any atom is 0.337 e. The molecule has 1 heterocycles. The van der Waals surface area contributed by atoms with Crippen molar-refractivity contribution in [3.63, 3.8) is 0 Å². The Balaban J connectivity index is 1.85. The summed E-state index contributed by atoms with van der Waals surface area (Å²) in [4.78, 5) is 38.3. The second-order valence-corrected chi connectivity index (χ2v) is 6.51. The Morgan fingerprint density at radius 2 is 2.04 bits per heavy atom. The number of nitro groups is 1. The number of ether oxygens (including phenoxy) is 1. The zero-order chi connectivity index (χ0) is 18.8. The number of hydrogen-bond acceptors (Lipinski definition) is 7. The average molecular weight is 392 g/mol. The van der Waals surface area contributed by atoms with Crippen LogP contribution in [0.15, 0.2) is 36.4 Å². The predicted molar refractivity (Wildman–Crippen MR) is 97.0 cm³/mol. The smallest absolute Gasteiger partial charge is 0.337 e. The monoisotopic (exact) mass is 391 g/mol. The number of carbonyl (C=O) groups excluding carboxylic acids is 2. The summed E-state index contributed by atoms with van der Waals surface area (Å²) in [5.74, 6) is -1.01. The van der Waals surface area contributed by atoms with Crippen LogP contribution in [-0.4, -0.2) is 28.9 Å². The minimum Gasteiger partial charge on any atom is -0.465 e. The number of amides is 1. The number of esters is 1. The number of nitrogens with zero attached hydrogens (tertiary/aromatic N) is 2. The van der Waals surface area contributed by atoms with Gasteiger partial charge in [-0.1, -0.05) is 22.9 Å². The molecule has 1 amide bonds. The van der Waals surface area contributed by atoms with Gasteiger partial charge in [0.1, 0.15) is 0 Å². The van der Waals surface area contributed by atoms with Crippen molar-refractivity contribution in [2.75, 3.05) is 12.4 Å². The summed E-state index contributed by atoms with van der Waals surface area (Å²) in [7, 11) is 1.29. The van der Waals surface area contributed by atoms with Gasteiger partial charge in [-0.2, -0.15) is 0 Å². The highest BCUT2D eigenvalue weighted by Gasteiger charge is 2.17. The number of halogens is 1. The molecule has 1 aromatic heterocycles. The first-order valence-corrected chi connectivity index (χ1v) is 8.32. The van der Waals surface area contributed by atoms with Crippen molar-refractivity contribution >= 4 is 55.8 Å². The van der Waals surface area contributed by atoms with Gasteiger partial charge in [-0.25, -0.2) is 9.78 Å². The zero-order valence-corrected chi connectivity index (χ0v) is 14.8. The summed E-state index contributed by atoms with van der Waals surface area (Å²) >= 11 is 7.13. The molecular weight excluding hydrogens is 382 g/mol. The summed E-state index contributed by atoms with van der Waals surface area (Å²) in [5.41, 5.74) is 0.862. The van der Waals surface area contributed by atoms with Gasteiger partial charge in [-0.15, -0.1) is 0 Å². The highest BCUT2D eigenvalue weighted by molar-refractivity contribution is 7.22. The number of nitro benzene ring substituents is 1. The lowest BCUT2D eigenvalue weighted by Crippen LogP contribution is -2.12. The Morgan fingerprint density at radius 3 is 2.69 bits per heavy atom. The SMILES string of the molecule is COC(=O)c1ccc2nc(NC(=O)c3ccc([N+](=O)[O-])cc3Cl)sc2c1. The van der Waals surface area contributed by atoms with E-state index in [1.54, 1.807) is 18.2 Å². The van der Waals surface area contributed by atoms with E-state index in [1.807, 2.05) is 0 Å². The first kappa shape index (κ1) is 17.8. The van der Waals surface area contributed by atoms with Crippen LogP contribution in [0.4, 0.5) is 10.8 Å². The molecule has 3 rings (SSSR count). The summed E-state index contributed by atoms with van der Waals surface area (Å²) < 4.78 is 5.36. The number of thiazole rings is 1. The van der Waals surface area contributed by atoms with E-state index in [-0.39, 0.29) is 16.3 Å². The number of hydrogen-bond donors (Lipinski definition) is 1. The summed E-state index contributed by atoms with van der Waals surface area (Å²) in [6.07, 6.45) is 0. The Kier molecular flexibility index (Phi) is 4.83. The van der Waals surface area contributed by atoms with Crippen molar-refractivity contribution in [2.24, 2.45) is 0 Å². The van der Waals surface area contributed by atoms with E-state index in [4.69, 9.17) is 11.6 Å². The van der Waals surface area contributed by atoms with Gasteiger partial charge in [-0.3, -0.25) is 20.2 Å². The lowest BCUT2D eigenvalue weighted by atomic mass is 10.2. The van der Waals surface area contributed by atoms with Gasteiger partial charge in [0.2, 0.25) is 0 Å². The van der Waals surface area contributed by atoms with Crippen LogP contribution in [0, 0.1) is 10.1 Å². The standard InChI is InChI=1S/C16H10ClN3O5S/c1-25-15(22)8-2-5-12-13(6-8)26-16(18-12)19-14(21)10-4-3-9(20(23)24)7-11(10)17/h2-7H,1H3,(H,18,19,21). The second-order valence-electron chi connectivity index (χ2n) is 5.07. The highest BCUT2D eigenvalue weighted by atomic mass is 35.5. The molecule has 132 valence electrons. The van der Waals surface area contributed by atoms with E-state index in [0.717, 1.165) is 6.07 Å². The molecule has 0 unspecified atom stereocenters. The van der Waals surface area contributed by atoms with Crippen LogP contribution in [0.2, 0.25) is 5.02 Å². The van der Waals surface area contributed by atoms with Gasteiger partial charge >= 0.3 is 5.97 Å². The third kappa shape index (κ3) is 3.48. The highest BCUT2D eigenvalue weighted by Crippen LogP contribution is 2.29. The molecule has 0 saturated heterocycles. The van der Waals surface area contributed by atoms with Gasteiger partial charge in [0.15, 0.2) is 5.13 Å². The fourth-order valence-electron chi connectivity index (χ4n) is 2.19. The van der Waals surface area contributed by atoms with Gasteiger partial charge in [-0.05, 0) is 24.3 Å². The van der Waals surface area contributed by atoms with Crippen molar-refractivity contribution in [3.05, 3.63) is 62.7 Å². The number of anilines is 1. The van der Waals surface area contributed by atoms with Crippen molar-refractivity contribution in [1.82, 2.24) is 4.98 Å². The molecule has 0 aliphatic heterocycles. The fraction of sp³-hybridized carbons (Fsp3) is 0.0625. The molecule has 0 bridgehead atoms. The average Bonchev–Trinajstić information content (AvgIpc) is 3.01. The number of nitrogens with one attached hydrogen (secondary N) is 1. The molecule has 0 fully saturated rings. The van der Waals surface area contributed by atoms with Crippen molar-refractivity contribution in [2.45, 2.75) is 0 Å². The molecule has 0 atom stereocenters. The molecule has 0 aliphatic rings. The molecule has 3 aromatic rings. The van der Waals surface area contributed by atoms with Crippen LogP contribution in [0.25, 0.3) is 10.2 Å². The van der Waals surface area contributed by atoms with Gasteiger partial charge in [0.05, 0.1) is 38.4 Å². The minimum atomic E-state index is -0.597. The lowest BCUT2D eigenvalue weighted by molar-refractivity contribution is -0.384. The van der Waals surface area contributed by atoms with E-state index >= 15 is 0 Å². The quantitative estimate of drug-likeness (QED) is 0.410. The zero-order valence-electron chi connectivity index (χ0n) is 13.2. The van der Waals surface area contributed by atoms with Gasteiger partial charge < -0.3 is 4.74 Å².